The number of benzene rings is 3. The molecule has 0 saturated carbocycles. The molecule has 0 saturated heterocycles. The van der Waals surface area contributed by atoms with Crippen LogP contribution in [0.25, 0.3) is 0 Å². The van der Waals surface area contributed by atoms with Crippen LogP contribution in [0.3, 0.4) is 0 Å². The number of amides is 2. The maximum Gasteiger partial charge on any atom is 0.264 e. The average molecular weight is 568 g/mol. The summed E-state index contributed by atoms with van der Waals surface area (Å²) in [6.07, 6.45) is 0. The average Bonchev–Trinajstić information content (AvgIpc) is 2.87. The molecular formula is C31H38FN3O4S. The first kappa shape index (κ1) is 30.8. The van der Waals surface area contributed by atoms with Crippen molar-refractivity contribution in [2.75, 3.05) is 10.8 Å². The van der Waals surface area contributed by atoms with Crippen LogP contribution in [0.15, 0.2) is 71.6 Å². The first-order valence-corrected chi connectivity index (χ1v) is 14.6. The van der Waals surface area contributed by atoms with Gasteiger partial charge in [-0.3, -0.25) is 13.9 Å². The second kappa shape index (κ2) is 12.2. The number of carbonyl (C=O) groups is 2. The van der Waals surface area contributed by atoms with Crippen LogP contribution in [0.5, 0.6) is 0 Å². The zero-order valence-electron chi connectivity index (χ0n) is 24.2. The Hall–Kier alpha value is -3.72. The first-order chi connectivity index (χ1) is 18.6. The summed E-state index contributed by atoms with van der Waals surface area (Å²) >= 11 is 0. The Morgan fingerprint density at radius 2 is 1.52 bits per heavy atom. The molecule has 3 aromatic carbocycles. The minimum Gasteiger partial charge on any atom is -0.350 e. The number of aryl methyl sites for hydroxylation is 3. The molecule has 0 unspecified atom stereocenters. The van der Waals surface area contributed by atoms with Gasteiger partial charge in [-0.1, -0.05) is 48.0 Å². The van der Waals surface area contributed by atoms with Crippen molar-refractivity contribution < 1.29 is 22.4 Å². The lowest BCUT2D eigenvalue weighted by molar-refractivity contribution is -0.140. The normalized spacial score (nSPS) is 12.5. The minimum atomic E-state index is -4.18. The van der Waals surface area contributed by atoms with Crippen LogP contribution < -0.4 is 9.62 Å². The van der Waals surface area contributed by atoms with Gasteiger partial charge in [0.25, 0.3) is 10.0 Å². The van der Waals surface area contributed by atoms with Crippen LogP contribution in [0.4, 0.5) is 10.1 Å². The summed E-state index contributed by atoms with van der Waals surface area (Å²) in [5.74, 6) is -1.60. The molecule has 1 N–H and O–H groups in total. The van der Waals surface area contributed by atoms with E-state index >= 15 is 0 Å². The van der Waals surface area contributed by atoms with Gasteiger partial charge in [-0.2, -0.15) is 0 Å². The lowest BCUT2D eigenvalue weighted by Gasteiger charge is -2.34. The third kappa shape index (κ3) is 7.47. The highest BCUT2D eigenvalue weighted by Gasteiger charge is 2.34. The van der Waals surface area contributed by atoms with Crippen LogP contribution in [-0.2, 0) is 26.2 Å². The quantitative estimate of drug-likeness (QED) is 0.381. The van der Waals surface area contributed by atoms with Crippen LogP contribution in [-0.4, -0.2) is 43.3 Å². The van der Waals surface area contributed by atoms with Crippen molar-refractivity contribution >= 4 is 27.5 Å². The summed E-state index contributed by atoms with van der Waals surface area (Å²) in [5.41, 5.74) is 2.37. The number of sulfonamides is 1. The van der Waals surface area contributed by atoms with E-state index < -0.39 is 45.8 Å². The summed E-state index contributed by atoms with van der Waals surface area (Å²) in [6, 6.07) is 16.8. The molecule has 1 atom stereocenters. The predicted octanol–water partition coefficient (Wildman–Crippen LogP) is 5.28. The van der Waals surface area contributed by atoms with E-state index in [0.717, 1.165) is 15.4 Å². The molecule has 2 amide bonds. The van der Waals surface area contributed by atoms with Gasteiger partial charge in [-0.05, 0) is 83.9 Å². The van der Waals surface area contributed by atoms with E-state index in [9.17, 15) is 22.4 Å². The standard InChI is InChI=1S/C31H38FN3O4S/c1-21-13-16-26(17-14-21)40(38,39)35(28-18-22(2)12-15-23(28)3)20-29(36)34(19-25-10-8-9-11-27(25)32)24(4)30(37)33-31(5,6)7/h8-18,24H,19-20H2,1-7H3,(H,33,37)/t24-/m1/s1. The maximum absolute atomic E-state index is 14.7. The highest BCUT2D eigenvalue weighted by atomic mass is 32.2. The summed E-state index contributed by atoms with van der Waals surface area (Å²) in [7, 11) is -4.18. The van der Waals surface area contributed by atoms with Gasteiger partial charge in [0.15, 0.2) is 0 Å². The number of rotatable bonds is 9. The van der Waals surface area contributed by atoms with Gasteiger partial charge in [-0.25, -0.2) is 12.8 Å². The Bertz CT molecular complexity index is 1480. The molecular weight excluding hydrogens is 529 g/mol. The fourth-order valence-electron chi connectivity index (χ4n) is 4.21. The van der Waals surface area contributed by atoms with Gasteiger partial charge in [0.05, 0.1) is 10.6 Å². The van der Waals surface area contributed by atoms with E-state index in [4.69, 9.17) is 0 Å². The number of hydrogen-bond donors (Lipinski definition) is 1. The van der Waals surface area contributed by atoms with Gasteiger partial charge in [0.2, 0.25) is 11.8 Å². The molecule has 0 aliphatic rings. The molecule has 3 aromatic rings. The summed E-state index contributed by atoms with van der Waals surface area (Å²) in [5, 5.41) is 2.86. The van der Waals surface area contributed by atoms with E-state index in [1.165, 1.54) is 35.2 Å². The van der Waals surface area contributed by atoms with Gasteiger partial charge >= 0.3 is 0 Å². The summed E-state index contributed by atoms with van der Waals surface area (Å²) in [4.78, 5) is 28.4. The van der Waals surface area contributed by atoms with Crippen LogP contribution in [0, 0.1) is 26.6 Å². The van der Waals surface area contributed by atoms with Crippen LogP contribution in [0.1, 0.15) is 49.9 Å². The Balaban J connectivity index is 2.09. The molecule has 0 heterocycles. The molecule has 9 heteroatoms. The molecule has 0 radical (unpaired) electrons. The number of nitrogens with one attached hydrogen (secondary N) is 1. The molecule has 0 aromatic heterocycles. The summed E-state index contributed by atoms with van der Waals surface area (Å²) < 4.78 is 43.7. The highest BCUT2D eigenvalue weighted by molar-refractivity contribution is 7.92. The van der Waals surface area contributed by atoms with Gasteiger partial charge < -0.3 is 10.2 Å². The number of carbonyl (C=O) groups excluding carboxylic acids is 2. The van der Waals surface area contributed by atoms with Crippen molar-refractivity contribution in [3.63, 3.8) is 0 Å². The lowest BCUT2D eigenvalue weighted by atomic mass is 10.1. The second-order valence-electron chi connectivity index (χ2n) is 11.1. The van der Waals surface area contributed by atoms with Gasteiger partial charge in [0, 0.05) is 17.6 Å². The van der Waals surface area contributed by atoms with Crippen molar-refractivity contribution in [2.24, 2.45) is 0 Å². The molecule has 0 aliphatic carbocycles. The zero-order valence-corrected chi connectivity index (χ0v) is 25.0. The molecule has 0 fully saturated rings. The molecule has 7 nitrogen and oxygen atoms in total. The van der Waals surface area contributed by atoms with E-state index in [1.807, 2.05) is 40.7 Å². The Morgan fingerprint density at radius 1 is 0.925 bits per heavy atom. The van der Waals surface area contributed by atoms with Crippen molar-refractivity contribution in [1.82, 2.24) is 10.2 Å². The van der Waals surface area contributed by atoms with E-state index in [1.54, 1.807) is 44.2 Å². The van der Waals surface area contributed by atoms with Crippen LogP contribution in [0.2, 0.25) is 0 Å². The van der Waals surface area contributed by atoms with Crippen molar-refractivity contribution in [3.05, 3.63) is 94.8 Å². The number of hydrogen-bond acceptors (Lipinski definition) is 4. The Labute approximate surface area is 237 Å². The summed E-state index contributed by atoms with van der Waals surface area (Å²) in [6.45, 7) is 11.7. The highest BCUT2D eigenvalue weighted by Crippen LogP contribution is 2.29. The van der Waals surface area contributed by atoms with Gasteiger partial charge in [-0.15, -0.1) is 0 Å². The van der Waals surface area contributed by atoms with Crippen molar-refractivity contribution in [1.29, 1.82) is 0 Å². The second-order valence-corrected chi connectivity index (χ2v) is 13.0. The fraction of sp³-hybridized carbons (Fsp3) is 0.355. The number of halogens is 1. The van der Waals surface area contributed by atoms with E-state index in [2.05, 4.69) is 5.32 Å². The van der Waals surface area contributed by atoms with Gasteiger partial charge in [0.1, 0.15) is 18.4 Å². The first-order valence-electron chi connectivity index (χ1n) is 13.1. The lowest BCUT2D eigenvalue weighted by Crippen LogP contribution is -2.54. The van der Waals surface area contributed by atoms with Crippen molar-refractivity contribution in [3.8, 4) is 0 Å². The SMILES string of the molecule is Cc1ccc(S(=O)(=O)N(CC(=O)N(Cc2ccccc2F)[C@H](C)C(=O)NC(C)(C)C)c2cc(C)ccc2C)cc1. The maximum atomic E-state index is 14.7. The number of anilines is 1. The Morgan fingerprint density at radius 3 is 2.12 bits per heavy atom. The number of nitrogens with zero attached hydrogens (tertiary/aromatic N) is 2. The molecule has 0 aliphatic heterocycles. The minimum absolute atomic E-state index is 0.0333. The van der Waals surface area contributed by atoms with Crippen LogP contribution >= 0.6 is 0 Å². The fourth-order valence-corrected chi connectivity index (χ4v) is 5.68. The van der Waals surface area contributed by atoms with E-state index in [0.29, 0.717) is 11.3 Å². The largest absolute Gasteiger partial charge is 0.350 e. The molecule has 3 rings (SSSR count). The smallest absolute Gasteiger partial charge is 0.264 e. The molecule has 214 valence electrons. The molecule has 0 bridgehead atoms. The molecule has 0 spiro atoms. The topological polar surface area (TPSA) is 86.8 Å². The van der Waals surface area contributed by atoms with Crippen molar-refractivity contribution in [2.45, 2.75) is 71.5 Å². The monoisotopic (exact) mass is 567 g/mol. The third-order valence-corrected chi connectivity index (χ3v) is 8.26. The molecule has 40 heavy (non-hydrogen) atoms. The van der Waals surface area contributed by atoms with E-state index in [-0.39, 0.29) is 17.0 Å². The Kier molecular flexibility index (Phi) is 9.40. The zero-order chi connectivity index (χ0) is 29.8. The predicted molar refractivity (Wildman–Crippen MR) is 156 cm³/mol. The third-order valence-electron chi connectivity index (χ3n) is 6.49.